The summed E-state index contributed by atoms with van der Waals surface area (Å²) in [5.41, 5.74) is -0.623. The third-order valence-corrected chi connectivity index (χ3v) is 4.97. The van der Waals surface area contributed by atoms with E-state index < -0.39 is 25.3 Å². The molecule has 7 nitrogen and oxygen atoms in total. The van der Waals surface area contributed by atoms with E-state index in [1.165, 1.54) is 19.1 Å². The average molecular weight is 321 g/mol. The topological polar surface area (TPSA) is 82.1 Å². The second-order valence-electron chi connectivity index (χ2n) is 5.93. The second kappa shape index (κ2) is 6.90. The van der Waals surface area contributed by atoms with Gasteiger partial charge in [0.25, 0.3) is 0 Å². The maximum Gasteiger partial charge on any atom is 0.410 e. The minimum Gasteiger partial charge on any atom is -0.444 e. The maximum absolute atomic E-state index is 12.3. The zero-order valence-electron chi connectivity index (χ0n) is 13.2. The molecule has 0 aromatic heterocycles. The number of hydrogen-bond donors (Lipinski definition) is 0. The lowest BCUT2D eigenvalue weighted by Crippen LogP contribution is -2.44. The summed E-state index contributed by atoms with van der Waals surface area (Å²) in [6.45, 7) is 5.75. The van der Waals surface area contributed by atoms with Crippen molar-refractivity contribution in [2.45, 2.75) is 45.3 Å². The first kappa shape index (κ1) is 18.1. The molecule has 0 aliphatic carbocycles. The standard InChI is InChI=1S/C13H24NO6P/c1-13(2,3)20-12(16)14-8-6-7-10(14)11(15)9-21(17,18-4)19-5/h10H,6-9H2,1-5H3/t10-/m1/s1. The number of ketones is 1. The van der Waals surface area contributed by atoms with Gasteiger partial charge in [-0.25, -0.2) is 4.79 Å². The summed E-state index contributed by atoms with van der Waals surface area (Å²) < 4.78 is 26.9. The number of rotatable bonds is 5. The lowest BCUT2D eigenvalue weighted by atomic mass is 10.1. The molecule has 0 spiro atoms. The van der Waals surface area contributed by atoms with E-state index in [1.807, 2.05) is 0 Å². The summed E-state index contributed by atoms with van der Waals surface area (Å²) in [6.07, 6.45) is 0.373. The number of Topliss-reactive ketones (excluding diaryl/α,β-unsaturated/α-hetero) is 1. The van der Waals surface area contributed by atoms with Gasteiger partial charge in [-0.2, -0.15) is 0 Å². The highest BCUT2D eigenvalue weighted by Crippen LogP contribution is 2.46. The highest BCUT2D eigenvalue weighted by atomic mass is 31.2. The SMILES string of the molecule is COP(=O)(CC(=O)[C@H]1CCCN1C(=O)OC(C)(C)C)OC. The lowest BCUT2D eigenvalue weighted by molar-refractivity contribution is -0.121. The van der Waals surface area contributed by atoms with E-state index in [9.17, 15) is 14.2 Å². The molecular formula is C13H24NO6P. The van der Waals surface area contributed by atoms with Gasteiger partial charge < -0.3 is 13.8 Å². The molecule has 1 aliphatic rings. The number of ether oxygens (including phenoxy) is 1. The van der Waals surface area contributed by atoms with Crippen molar-refractivity contribution in [2.24, 2.45) is 0 Å². The molecule has 0 saturated carbocycles. The Balaban J connectivity index is 2.75. The molecule has 0 N–H and O–H groups in total. The summed E-state index contributed by atoms with van der Waals surface area (Å²) in [5, 5.41) is 0. The van der Waals surface area contributed by atoms with Gasteiger partial charge in [-0.3, -0.25) is 14.3 Å². The number of carbonyl (C=O) groups excluding carboxylic acids is 2. The van der Waals surface area contributed by atoms with Crippen LogP contribution < -0.4 is 0 Å². The van der Waals surface area contributed by atoms with Crippen molar-refractivity contribution in [2.75, 3.05) is 26.9 Å². The molecule has 1 heterocycles. The van der Waals surface area contributed by atoms with Crippen LogP contribution in [0.2, 0.25) is 0 Å². The van der Waals surface area contributed by atoms with Crippen LogP contribution >= 0.6 is 7.60 Å². The summed E-state index contributed by atoms with van der Waals surface area (Å²) in [5.74, 6) is -0.328. The van der Waals surface area contributed by atoms with E-state index in [0.29, 0.717) is 19.4 Å². The van der Waals surface area contributed by atoms with Crippen molar-refractivity contribution >= 4 is 19.5 Å². The van der Waals surface area contributed by atoms with Crippen LogP contribution in [0.25, 0.3) is 0 Å². The van der Waals surface area contributed by atoms with Gasteiger partial charge in [-0.15, -0.1) is 0 Å². The largest absolute Gasteiger partial charge is 0.444 e. The number of nitrogens with zero attached hydrogens (tertiary/aromatic N) is 1. The van der Waals surface area contributed by atoms with Gasteiger partial charge >= 0.3 is 13.7 Å². The van der Waals surface area contributed by atoms with Crippen molar-refractivity contribution in [1.82, 2.24) is 4.90 Å². The molecule has 0 bridgehead atoms. The minimum atomic E-state index is -3.42. The van der Waals surface area contributed by atoms with Gasteiger partial charge in [-0.1, -0.05) is 0 Å². The van der Waals surface area contributed by atoms with Crippen LogP contribution in [-0.2, 0) is 23.1 Å². The monoisotopic (exact) mass is 321 g/mol. The average Bonchev–Trinajstić information content (AvgIpc) is 2.86. The fourth-order valence-corrected chi connectivity index (χ4v) is 3.14. The highest BCUT2D eigenvalue weighted by Gasteiger charge is 2.39. The van der Waals surface area contributed by atoms with Gasteiger partial charge in [-0.05, 0) is 33.6 Å². The van der Waals surface area contributed by atoms with Gasteiger partial charge in [0.15, 0.2) is 5.78 Å². The van der Waals surface area contributed by atoms with E-state index in [0.717, 1.165) is 0 Å². The molecule has 1 atom stereocenters. The molecule has 1 aliphatic heterocycles. The van der Waals surface area contributed by atoms with E-state index in [1.54, 1.807) is 20.8 Å². The summed E-state index contributed by atoms with van der Waals surface area (Å²) in [6, 6.07) is -0.626. The molecule has 1 saturated heterocycles. The summed E-state index contributed by atoms with van der Waals surface area (Å²) >= 11 is 0. The van der Waals surface area contributed by atoms with Gasteiger partial charge in [0.1, 0.15) is 11.8 Å². The molecule has 0 unspecified atom stereocenters. The minimum absolute atomic E-state index is 0.328. The third kappa shape index (κ3) is 5.09. The molecule has 0 aromatic carbocycles. The Bertz CT molecular complexity index is 436. The maximum atomic E-state index is 12.3. The zero-order chi connectivity index (χ0) is 16.3. The quantitative estimate of drug-likeness (QED) is 0.723. The van der Waals surface area contributed by atoms with Crippen LogP contribution in [0.3, 0.4) is 0 Å². The van der Waals surface area contributed by atoms with Crippen molar-refractivity contribution in [3.8, 4) is 0 Å². The fourth-order valence-electron chi connectivity index (χ4n) is 2.14. The summed E-state index contributed by atoms with van der Waals surface area (Å²) in [4.78, 5) is 25.8. The molecule has 21 heavy (non-hydrogen) atoms. The van der Waals surface area contributed by atoms with Crippen molar-refractivity contribution in [1.29, 1.82) is 0 Å². The van der Waals surface area contributed by atoms with Gasteiger partial charge in [0.05, 0.1) is 6.04 Å². The third-order valence-electron chi connectivity index (χ3n) is 3.16. The van der Waals surface area contributed by atoms with E-state index >= 15 is 0 Å². The smallest absolute Gasteiger partial charge is 0.410 e. The van der Waals surface area contributed by atoms with E-state index in [4.69, 9.17) is 13.8 Å². The Kier molecular flexibility index (Phi) is 5.96. The Morgan fingerprint density at radius 1 is 1.24 bits per heavy atom. The zero-order valence-corrected chi connectivity index (χ0v) is 14.1. The first-order valence-electron chi connectivity index (χ1n) is 6.85. The molecule has 0 aromatic rings. The van der Waals surface area contributed by atoms with Crippen LogP contribution in [0.4, 0.5) is 4.79 Å². The molecule has 1 fully saturated rings. The molecule has 1 amide bonds. The fraction of sp³-hybridized carbons (Fsp3) is 0.846. The Hall–Kier alpha value is -0.910. The molecule has 0 radical (unpaired) electrons. The first-order valence-corrected chi connectivity index (χ1v) is 8.57. The molecule has 122 valence electrons. The van der Waals surface area contributed by atoms with Gasteiger partial charge in [0.2, 0.25) is 0 Å². The van der Waals surface area contributed by atoms with E-state index in [2.05, 4.69) is 0 Å². The Morgan fingerprint density at radius 2 is 1.81 bits per heavy atom. The first-order chi connectivity index (χ1) is 9.62. The van der Waals surface area contributed by atoms with E-state index in [-0.39, 0.29) is 11.9 Å². The number of hydrogen-bond acceptors (Lipinski definition) is 6. The van der Waals surface area contributed by atoms with Crippen LogP contribution in [0.5, 0.6) is 0 Å². The van der Waals surface area contributed by atoms with Crippen molar-refractivity contribution in [3.05, 3.63) is 0 Å². The predicted octanol–water partition coefficient (Wildman–Crippen LogP) is 2.44. The molecule has 1 rings (SSSR count). The van der Waals surface area contributed by atoms with Crippen molar-refractivity contribution in [3.63, 3.8) is 0 Å². The van der Waals surface area contributed by atoms with Crippen LogP contribution in [0, 0.1) is 0 Å². The van der Waals surface area contributed by atoms with Crippen LogP contribution in [-0.4, -0.2) is 55.3 Å². The second-order valence-corrected chi connectivity index (χ2v) is 8.20. The molecule has 8 heteroatoms. The van der Waals surface area contributed by atoms with Gasteiger partial charge in [0, 0.05) is 20.8 Å². The Labute approximate surface area is 125 Å². The lowest BCUT2D eigenvalue weighted by Gasteiger charge is -2.28. The number of amides is 1. The highest BCUT2D eigenvalue weighted by molar-refractivity contribution is 7.54. The Morgan fingerprint density at radius 3 is 2.29 bits per heavy atom. The molecular weight excluding hydrogens is 297 g/mol. The predicted molar refractivity (Wildman–Crippen MR) is 77.5 cm³/mol. The summed E-state index contributed by atoms with van der Waals surface area (Å²) in [7, 11) is -0.948. The normalized spacial score (nSPS) is 19.7. The van der Waals surface area contributed by atoms with Crippen LogP contribution in [0.15, 0.2) is 0 Å². The van der Waals surface area contributed by atoms with Crippen LogP contribution in [0.1, 0.15) is 33.6 Å². The van der Waals surface area contributed by atoms with Crippen molar-refractivity contribution < 1.29 is 27.9 Å². The number of carbonyl (C=O) groups is 2. The number of likely N-dealkylation sites (tertiary alicyclic amines) is 1.